The minimum atomic E-state index is -0.256. The molecule has 0 unspecified atom stereocenters. The number of anilines is 1. The van der Waals surface area contributed by atoms with Crippen molar-refractivity contribution in [3.8, 4) is 39.8 Å². The molecule has 0 saturated carbocycles. The first-order valence-electron chi connectivity index (χ1n) is 10.9. The molecule has 1 aromatic heterocycles. The number of hydrogen-bond donors (Lipinski definition) is 1. The Bertz CT molecular complexity index is 1320. The highest BCUT2D eigenvalue weighted by Gasteiger charge is 2.12. The molecule has 1 heterocycles. The number of nitrogens with zero attached hydrogens (tertiary/aromatic N) is 1. The number of nitrogens with one attached hydrogen (secondary N) is 1. The Morgan fingerprint density at radius 3 is 2.20 bits per heavy atom. The van der Waals surface area contributed by atoms with E-state index in [2.05, 4.69) is 23.3 Å². The average molecular weight is 471 g/mol. The topological polar surface area (TPSA) is 82.8 Å². The second-order valence-corrected chi connectivity index (χ2v) is 7.73. The van der Waals surface area contributed by atoms with Crippen LogP contribution in [-0.2, 0) is 4.79 Å². The van der Waals surface area contributed by atoms with Crippen molar-refractivity contribution >= 4 is 17.7 Å². The Hall–Kier alpha value is -4.52. The fraction of sp³-hybridized carbons (Fsp3) is 0.143. The second kappa shape index (κ2) is 10.6. The molecule has 0 aliphatic heterocycles. The Balaban J connectivity index is 1.47. The van der Waals surface area contributed by atoms with Crippen LogP contribution in [0.5, 0.6) is 17.2 Å². The van der Waals surface area contributed by atoms with Gasteiger partial charge in [-0.1, -0.05) is 18.2 Å². The number of benzene rings is 3. The molecular formula is C28H26N2O5. The summed E-state index contributed by atoms with van der Waals surface area (Å²) in [4.78, 5) is 16.7. The number of carbonyl (C=O) groups is 1. The molecule has 4 aromatic rings. The molecule has 0 fully saturated rings. The number of ether oxygens (including phenoxy) is 3. The summed E-state index contributed by atoms with van der Waals surface area (Å²) in [5.41, 5.74) is 5.57. The van der Waals surface area contributed by atoms with Crippen molar-refractivity contribution in [1.29, 1.82) is 0 Å². The summed E-state index contributed by atoms with van der Waals surface area (Å²) in [5.74, 6) is 1.86. The first kappa shape index (κ1) is 23.6. The smallest absolute Gasteiger partial charge is 0.248 e. The molecule has 178 valence electrons. The van der Waals surface area contributed by atoms with Crippen LogP contribution in [0, 0.1) is 6.92 Å². The van der Waals surface area contributed by atoms with E-state index in [9.17, 15) is 4.79 Å². The van der Waals surface area contributed by atoms with Crippen LogP contribution < -0.4 is 19.5 Å². The molecule has 0 aliphatic carbocycles. The number of aromatic nitrogens is 1. The number of methoxy groups -OCH3 is 3. The van der Waals surface area contributed by atoms with E-state index < -0.39 is 0 Å². The summed E-state index contributed by atoms with van der Waals surface area (Å²) in [6.07, 6.45) is 6.33. The van der Waals surface area contributed by atoms with Crippen molar-refractivity contribution in [2.24, 2.45) is 0 Å². The predicted octanol–water partition coefficient (Wildman–Crippen LogP) is 5.99. The minimum Gasteiger partial charge on any atom is -0.493 e. The molecule has 0 aliphatic rings. The lowest BCUT2D eigenvalue weighted by Gasteiger charge is -2.12. The number of rotatable bonds is 8. The molecule has 7 heteroatoms. The first-order valence-corrected chi connectivity index (χ1v) is 10.9. The van der Waals surface area contributed by atoms with E-state index in [1.54, 1.807) is 52.0 Å². The van der Waals surface area contributed by atoms with Gasteiger partial charge in [-0.15, -0.1) is 0 Å². The maximum Gasteiger partial charge on any atom is 0.248 e. The maximum atomic E-state index is 12.5. The third-order valence-corrected chi connectivity index (χ3v) is 5.49. The van der Waals surface area contributed by atoms with E-state index in [0.29, 0.717) is 28.8 Å². The van der Waals surface area contributed by atoms with Crippen LogP contribution >= 0.6 is 0 Å². The maximum absolute atomic E-state index is 12.5. The van der Waals surface area contributed by atoms with Gasteiger partial charge in [0.1, 0.15) is 6.26 Å². The van der Waals surface area contributed by atoms with Gasteiger partial charge in [0, 0.05) is 17.3 Å². The average Bonchev–Trinajstić information content (AvgIpc) is 3.42. The Labute approximate surface area is 204 Å². The van der Waals surface area contributed by atoms with Gasteiger partial charge in [-0.3, -0.25) is 4.79 Å². The van der Waals surface area contributed by atoms with Gasteiger partial charge in [0.25, 0.3) is 0 Å². The highest BCUT2D eigenvalue weighted by Crippen LogP contribution is 2.38. The summed E-state index contributed by atoms with van der Waals surface area (Å²) >= 11 is 0. The van der Waals surface area contributed by atoms with Crippen LogP contribution in [0.2, 0.25) is 0 Å². The van der Waals surface area contributed by atoms with E-state index in [0.717, 1.165) is 27.8 Å². The molecule has 4 rings (SSSR count). The van der Waals surface area contributed by atoms with Crippen LogP contribution in [-0.4, -0.2) is 32.2 Å². The Morgan fingerprint density at radius 2 is 1.60 bits per heavy atom. The molecule has 7 nitrogen and oxygen atoms in total. The van der Waals surface area contributed by atoms with E-state index in [4.69, 9.17) is 18.6 Å². The van der Waals surface area contributed by atoms with Crippen molar-refractivity contribution in [3.05, 3.63) is 84.3 Å². The lowest BCUT2D eigenvalue weighted by molar-refractivity contribution is -0.111. The molecular weight excluding hydrogens is 444 g/mol. The molecule has 0 spiro atoms. The molecule has 0 radical (unpaired) electrons. The summed E-state index contributed by atoms with van der Waals surface area (Å²) in [6, 6.07) is 17.3. The van der Waals surface area contributed by atoms with Gasteiger partial charge in [0.15, 0.2) is 11.5 Å². The Kier molecular flexibility index (Phi) is 7.16. The number of carbonyl (C=O) groups excluding carboxylic acids is 1. The summed E-state index contributed by atoms with van der Waals surface area (Å²) in [7, 11) is 4.64. The number of aryl methyl sites for hydroxylation is 1. The minimum absolute atomic E-state index is 0.256. The summed E-state index contributed by atoms with van der Waals surface area (Å²) < 4.78 is 21.5. The van der Waals surface area contributed by atoms with Gasteiger partial charge in [-0.25, -0.2) is 4.98 Å². The van der Waals surface area contributed by atoms with Crippen molar-refractivity contribution in [1.82, 2.24) is 4.98 Å². The van der Waals surface area contributed by atoms with Crippen LogP contribution in [0.25, 0.3) is 28.7 Å². The monoisotopic (exact) mass is 470 g/mol. The van der Waals surface area contributed by atoms with Gasteiger partial charge < -0.3 is 23.9 Å². The quantitative estimate of drug-likeness (QED) is 0.318. The number of hydrogen-bond acceptors (Lipinski definition) is 6. The highest BCUT2D eigenvalue weighted by molar-refractivity contribution is 6.02. The van der Waals surface area contributed by atoms with Gasteiger partial charge in [-0.05, 0) is 71.7 Å². The Morgan fingerprint density at radius 1 is 0.914 bits per heavy atom. The predicted molar refractivity (Wildman–Crippen MR) is 136 cm³/mol. The van der Waals surface area contributed by atoms with E-state index in [-0.39, 0.29) is 5.91 Å². The normalized spacial score (nSPS) is 10.9. The van der Waals surface area contributed by atoms with E-state index in [1.807, 2.05) is 36.4 Å². The largest absolute Gasteiger partial charge is 0.493 e. The lowest BCUT2D eigenvalue weighted by atomic mass is 9.98. The number of amides is 1. The van der Waals surface area contributed by atoms with Crippen molar-refractivity contribution in [3.63, 3.8) is 0 Å². The standard InChI is InChI=1S/C28H26N2O5/c1-18-5-7-21(28-29-13-14-35-28)17-23(18)20-8-10-22(11-9-20)30-26(31)12-6-19-15-24(32-2)27(34-4)25(16-19)33-3/h5-17H,1-4H3,(H,30,31)/b12-6-. The van der Waals surface area contributed by atoms with Gasteiger partial charge in [-0.2, -0.15) is 0 Å². The zero-order chi connectivity index (χ0) is 24.8. The van der Waals surface area contributed by atoms with Crippen molar-refractivity contribution in [2.45, 2.75) is 6.92 Å². The molecule has 3 aromatic carbocycles. The molecule has 1 amide bonds. The second-order valence-electron chi connectivity index (χ2n) is 7.73. The van der Waals surface area contributed by atoms with Crippen LogP contribution in [0.1, 0.15) is 11.1 Å². The zero-order valence-corrected chi connectivity index (χ0v) is 20.0. The zero-order valence-electron chi connectivity index (χ0n) is 20.0. The molecule has 0 atom stereocenters. The highest BCUT2D eigenvalue weighted by atomic mass is 16.5. The fourth-order valence-electron chi connectivity index (χ4n) is 3.72. The van der Waals surface area contributed by atoms with Gasteiger partial charge in [0.2, 0.25) is 17.5 Å². The lowest BCUT2D eigenvalue weighted by Crippen LogP contribution is -2.07. The molecule has 35 heavy (non-hydrogen) atoms. The fourth-order valence-corrected chi connectivity index (χ4v) is 3.72. The van der Waals surface area contributed by atoms with Crippen molar-refractivity contribution in [2.75, 3.05) is 26.6 Å². The number of oxazole rings is 1. The first-order chi connectivity index (χ1) is 17.0. The molecule has 0 saturated heterocycles. The van der Waals surface area contributed by atoms with Gasteiger partial charge in [0.05, 0.1) is 27.5 Å². The molecule has 0 bridgehead atoms. The summed E-state index contributed by atoms with van der Waals surface area (Å²) in [5, 5.41) is 2.88. The van der Waals surface area contributed by atoms with E-state index in [1.165, 1.54) is 6.08 Å². The summed E-state index contributed by atoms with van der Waals surface area (Å²) in [6.45, 7) is 2.05. The third-order valence-electron chi connectivity index (χ3n) is 5.49. The van der Waals surface area contributed by atoms with Crippen LogP contribution in [0.15, 0.2) is 77.6 Å². The van der Waals surface area contributed by atoms with E-state index >= 15 is 0 Å². The van der Waals surface area contributed by atoms with Crippen LogP contribution in [0.4, 0.5) is 5.69 Å². The van der Waals surface area contributed by atoms with Gasteiger partial charge >= 0.3 is 0 Å². The van der Waals surface area contributed by atoms with Crippen molar-refractivity contribution < 1.29 is 23.4 Å². The third kappa shape index (κ3) is 5.35. The van der Waals surface area contributed by atoms with Crippen LogP contribution in [0.3, 0.4) is 0 Å². The SMILES string of the molecule is COc1cc(/C=C\C(=O)Nc2ccc(-c3cc(-c4ncco4)ccc3C)cc2)cc(OC)c1OC. The molecule has 1 N–H and O–H groups in total.